The zero-order valence-electron chi connectivity index (χ0n) is 28.8. The topological polar surface area (TPSA) is 12.5 Å². The maximum atomic E-state index is 9.66. The Labute approximate surface area is 152 Å². The zero-order chi connectivity index (χ0) is 29.7. The normalized spacial score (nSPS) is 71.0. The van der Waals surface area contributed by atoms with Crippen LogP contribution in [0.1, 0.15) is 66.9 Å². The van der Waals surface area contributed by atoms with E-state index >= 15 is 0 Å². The molecule has 2 aliphatic carbocycles. The minimum atomic E-state index is -3.62. The van der Waals surface area contributed by atoms with Gasteiger partial charge in [-0.3, -0.25) is 0 Å². The molecule has 0 radical (unpaired) electrons. The average Bonchev–Trinajstić information content (AvgIpc) is 2.75. The van der Waals surface area contributed by atoms with Gasteiger partial charge in [-0.25, -0.2) is 0 Å². The predicted molar refractivity (Wildman–Crippen MR) is 85.9 cm³/mol. The lowest BCUT2D eigenvalue weighted by Gasteiger charge is -2.59. The van der Waals surface area contributed by atoms with Gasteiger partial charge in [0.05, 0.1) is 11.2 Å². The number of benzene rings is 1. The van der Waals surface area contributed by atoms with Gasteiger partial charge in [-0.1, -0.05) is 13.0 Å². The molecule has 0 amide bonds. The van der Waals surface area contributed by atoms with Gasteiger partial charge in [0, 0.05) is 30.6 Å². The summed E-state index contributed by atoms with van der Waals surface area (Å²) in [5.74, 6) is -7.38. The van der Waals surface area contributed by atoms with Gasteiger partial charge in [0.2, 0.25) is 0 Å². The molecule has 1 heterocycles. The second kappa shape index (κ2) is 4.74. The van der Waals surface area contributed by atoms with Crippen LogP contribution in [0, 0.1) is 11.8 Å². The maximum absolute atomic E-state index is 9.66. The molecule has 1 aromatic carbocycles. The van der Waals surface area contributed by atoms with E-state index in [2.05, 4.69) is 0 Å². The lowest BCUT2D eigenvalue weighted by Crippen LogP contribution is -2.60. The molecule has 114 valence electrons. The lowest BCUT2D eigenvalue weighted by molar-refractivity contribution is -0.0112. The van der Waals surface area contributed by atoms with Crippen molar-refractivity contribution in [3.8, 4) is 5.75 Å². The van der Waals surface area contributed by atoms with Crippen LogP contribution in [-0.4, -0.2) is 31.5 Å². The number of methoxy groups -OCH3 is 1. The Balaban J connectivity index is 2.44. The molecule has 1 unspecified atom stereocenters. The molecule has 1 aromatic rings. The summed E-state index contributed by atoms with van der Waals surface area (Å²) >= 11 is 0. The summed E-state index contributed by atoms with van der Waals surface area (Å²) in [6, 6.07) is -6.30. The highest BCUT2D eigenvalue weighted by Crippen LogP contribution is 2.56. The van der Waals surface area contributed by atoms with E-state index in [1.165, 1.54) is 0 Å². The van der Waals surface area contributed by atoms with E-state index in [0.29, 0.717) is 6.92 Å². The number of rotatable bonds is 1. The monoisotopic (exact) mass is 302 g/mol. The Bertz CT molecular complexity index is 1220. The summed E-state index contributed by atoms with van der Waals surface area (Å²) in [6.45, 7) is -3.48. The molecular formula is C19H27NO. The SMILES string of the molecule is [2H]c1c([2H])c2c(c([2H])c1OC)[C@@]13CCN(C([2H])([2H])[2H])[C@@]([2H])(C2([2H])[2H])[C@@]1([2H])C([2H])([2H])C([2H])(C)C([2H])([2H])C3([2H])[2H]. The van der Waals surface area contributed by atoms with Gasteiger partial charge < -0.3 is 9.64 Å². The van der Waals surface area contributed by atoms with Crippen molar-refractivity contribution >= 4 is 0 Å². The molecular weight excluding hydrogens is 258 g/mol. The molecule has 2 nitrogen and oxygen atoms in total. The molecule has 2 bridgehead atoms. The van der Waals surface area contributed by atoms with Crippen LogP contribution in [0.2, 0.25) is 0 Å². The van der Waals surface area contributed by atoms with Crippen LogP contribution in [-0.2, 0) is 11.8 Å². The predicted octanol–water partition coefficient (Wildman–Crippen LogP) is 3.63. The largest absolute Gasteiger partial charge is 0.497 e. The van der Waals surface area contributed by atoms with E-state index in [1.807, 2.05) is 0 Å². The molecule has 4 atom stereocenters. The molecule has 2 heteroatoms. The third-order valence-electron chi connectivity index (χ3n) is 4.08. The van der Waals surface area contributed by atoms with Crippen LogP contribution >= 0.6 is 0 Å². The number of likely N-dealkylation sites (tertiary alicyclic amines) is 1. The summed E-state index contributed by atoms with van der Waals surface area (Å²) in [4.78, 5) is 0.232. The van der Waals surface area contributed by atoms with Gasteiger partial charge >= 0.3 is 0 Å². The average molecular weight is 303 g/mol. The van der Waals surface area contributed by atoms with Crippen LogP contribution in [0.15, 0.2) is 18.1 Å². The molecule has 1 aliphatic heterocycles. The molecule has 0 aromatic heterocycles. The molecule has 0 N–H and O–H groups in total. The number of nitrogens with zero attached hydrogens (tertiary/aromatic N) is 1. The Kier molecular flexibility index (Phi) is 1.02. The van der Waals surface area contributed by atoms with E-state index in [9.17, 15) is 2.74 Å². The highest BCUT2D eigenvalue weighted by atomic mass is 16.5. The van der Waals surface area contributed by atoms with E-state index in [4.69, 9.17) is 25.3 Å². The first-order chi connectivity index (χ1) is 16.8. The van der Waals surface area contributed by atoms with Crippen LogP contribution in [0.25, 0.3) is 0 Å². The number of hydrogen-bond acceptors (Lipinski definition) is 2. The smallest absolute Gasteiger partial charge is 0.119 e. The van der Waals surface area contributed by atoms with Crippen molar-refractivity contribution in [1.29, 1.82) is 0 Å². The van der Waals surface area contributed by atoms with E-state index in [1.54, 1.807) is 0 Å². The quantitative estimate of drug-likeness (QED) is 0.785. The summed E-state index contributed by atoms with van der Waals surface area (Å²) in [5, 5.41) is 0. The summed E-state index contributed by atoms with van der Waals surface area (Å²) < 4.78 is 154. The molecule has 4 rings (SSSR count). The Hall–Kier alpha value is -1.02. The van der Waals surface area contributed by atoms with Crippen molar-refractivity contribution in [3.05, 3.63) is 29.3 Å². The van der Waals surface area contributed by atoms with Gasteiger partial charge in [-0.15, -0.1) is 0 Å². The minimum absolute atomic E-state index is 0.232. The lowest BCUT2D eigenvalue weighted by atomic mass is 9.51. The first-order valence-electron chi connectivity index (χ1n) is 15.2. The van der Waals surface area contributed by atoms with Gasteiger partial charge in [0.15, 0.2) is 0 Å². The standard InChI is InChI=1S/C19H27NO/c1-13-6-7-19-8-9-20(2)18(17(19)10-13)11-14-4-5-15(21-3)12-16(14)19/h4-5,12-13,17-18H,6-11H2,1-3H3/t13?,17-,18+,19-/m1/s1/i2D3,4D,5D,6D2,7D2,10D2,11D2,12D,13D,17D,18D. The van der Waals surface area contributed by atoms with E-state index in [-0.39, 0.29) is 4.90 Å². The van der Waals surface area contributed by atoms with Crippen molar-refractivity contribution < 1.29 is 28.0 Å². The van der Waals surface area contributed by atoms with Gasteiger partial charge in [-0.2, -0.15) is 0 Å². The van der Waals surface area contributed by atoms with Crippen molar-refractivity contribution in [3.63, 3.8) is 0 Å². The first kappa shape index (κ1) is 4.50. The highest BCUT2D eigenvalue weighted by molar-refractivity contribution is 5.45. The van der Waals surface area contributed by atoms with Crippen molar-refractivity contribution in [2.24, 2.45) is 11.8 Å². The molecule has 3 aliphatic rings. The number of piperidine rings is 1. The highest BCUT2D eigenvalue weighted by Gasteiger charge is 2.54. The van der Waals surface area contributed by atoms with E-state index < -0.39 is 104 Å². The van der Waals surface area contributed by atoms with Gasteiger partial charge in [-0.05, 0) is 80.4 Å². The van der Waals surface area contributed by atoms with Gasteiger partial charge in [0.25, 0.3) is 0 Å². The molecule has 2 fully saturated rings. The third-order valence-corrected chi connectivity index (χ3v) is 4.08. The fourth-order valence-electron chi connectivity index (χ4n) is 3.03. The van der Waals surface area contributed by atoms with Crippen molar-refractivity contribution in [2.45, 2.75) is 50.3 Å². The molecule has 21 heavy (non-hydrogen) atoms. The molecule has 1 saturated heterocycles. The summed E-state index contributed by atoms with van der Waals surface area (Å²) in [5.41, 5.74) is -4.76. The van der Waals surface area contributed by atoms with Crippen LogP contribution < -0.4 is 4.74 Å². The van der Waals surface area contributed by atoms with Crippen LogP contribution in [0.4, 0.5) is 0 Å². The zero-order valence-corrected chi connectivity index (χ0v) is 11.8. The summed E-state index contributed by atoms with van der Waals surface area (Å²) in [6.07, 6.45) is -14.9. The second-order valence-corrected chi connectivity index (χ2v) is 5.31. The van der Waals surface area contributed by atoms with Gasteiger partial charge in [0.1, 0.15) is 5.75 Å². The van der Waals surface area contributed by atoms with Crippen LogP contribution in [0.3, 0.4) is 0 Å². The first-order valence-corrected chi connectivity index (χ1v) is 6.73. The molecule has 1 saturated carbocycles. The Morgan fingerprint density at radius 2 is 2.48 bits per heavy atom. The van der Waals surface area contributed by atoms with E-state index in [0.717, 1.165) is 7.11 Å². The van der Waals surface area contributed by atoms with Crippen molar-refractivity contribution in [1.82, 2.24) is 4.90 Å². The molecule has 0 spiro atoms. The fraction of sp³-hybridized carbons (Fsp3) is 0.684. The fourth-order valence-corrected chi connectivity index (χ4v) is 3.03. The summed E-state index contributed by atoms with van der Waals surface area (Å²) in [7, 11) is 1.03. The minimum Gasteiger partial charge on any atom is -0.497 e. The Morgan fingerprint density at radius 3 is 3.29 bits per heavy atom. The number of ether oxygens (including phenoxy) is 1. The second-order valence-electron chi connectivity index (χ2n) is 5.31. The Morgan fingerprint density at radius 1 is 1.57 bits per heavy atom. The number of likely N-dealkylation sites (N-methyl/N-ethyl adjacent to an activating group) is 1. The number of hydrogen-bond donors (Lipinski definition) is 0. The third kappa shape index (κ3) is 1.88. The number of fused-ring (bicyclic) bond motifs is 1. The van der Waals surface area contributed by atoms with Crippen LogP contribution in [0.5, 0.6) is 5.75 Å². The maximum Gasteiger partial charge on any atom is 0.119 e. The van der Waals surface area contributed by atoms with Crippen molar-refractivity contribution in [2.75, 3.05) is 20.6 Å².